The third-order valence-electron chi connectivity index (χ3n) is 4.54. The SMILES string of the molecule is CCCCCOc1ccc2c(sc3c(F)c(CCCC)ccc32)c1F. The number of rotatable bonds is 8. The molecular formula is C21H24F2OS. The van der Waals surface area contributed by atoms with Gasteiger partial charge in [-0.2, -0.15) is 0 Å². The molecule has 0 N–H and O–H groups in total. The van der Waals surface area contributed by atoms with Gasteiger partial charge in [-0.1, -0.05) is 45.2 Å². The summed E-state index contributed by atoms with van der Waals surface area (Å²) in [5, 5.41) is 1.55. The van der Waals surface area contributed by atoms with Crippen LogP contribution in [0.1, 0.15) is 51.5 Å². The molecule has 0 aliphatic rings. The van der Waals surface area contributed by atoms with Crippen molar-refractivity contribution in [3.63, 3.8) is 0 Å². The van der Waals surface area contributed by atoms with E-state index in [1.165, 1.54) is 11.3 Å². The highest BCUT2D eigenvalue weighted by atomic mass is 32.1. The number of hydrogen-bond donors (Lipinski definition) is 0. The molecule has 2 aromatic carbocycles. The van der Waals surface area contributed by atoms with E-state index in [0.29, 0.717) is 16.0 Å². The van der Waals surface area contributed by atoms with Crippen LogP contribution >= 0.6 is 11.3 Å². The zero-order valence-electron chi connectivity index (χ0n) is 14.8. The molecule has 0 unspecified atom stereocenters. The van der Waals surface area contributed by atoms with Gasteiger partial charge in [-0.25, -0.2) is 8.78 Å². The smallest absolute Gasteiger partial charge is 0.182 e. The van der Waals surface area contributed by atoms with Gasteiger partial charge in [-0.05, 0) is 37.0 Å². The molecule has 1 aromatic heterocycles. The van der Waals surface area contributed by atoms with Gasteiger partial charge in [-0.15, -0.1) is 11.3 Å². The van der Waals surface area contributed by atoms with Crippen molar-refractivity contribution in [3.8, 4) is 5.75 Å². The zero-order chi connectivity index (χ0) is 17.8. The number of aryl methyl sites for hydroxylation is 1. The van der Waals surface area contributed by atoms with E-state index < -0.39 is 0 Å². The van der Waals surface area contributed by atoms with Crippen LogP contribution in [0.3, 0.4) is 0 Å². The van der Waals surface area contributed by atoms with Crippen molar-refractivity contribution in [1.82, 2.24) is 0 Å². The summed E-state index contributed by atoms with van der Waals surface area (Å²) in [6.45, 7) is 4.72. The van der Waals surface area contributed by atoms with Crippen LogP contribution in [-0.2, 0) is 6.42 Å². The third-order valence-corrected chi connectivity index (χ3v) is 5.74. The predicted molar refractivity (Wildman–Crippen MR) is 103 cm³/mol. The van der Waals surface area contributed by atoms with Crippen molar-refractivity contribution in [2.45, 2.75) is 52.4 Å². The van der Waals surface area contributed by atoms with Gasteiger partial charge in [0.1, 0.15) is 5.82 Å². The van der Waals surface area contributed by atoms with E-state index in [-0.39, 0.29) is 17.4 Å². The maximum absolute atomic E-state index is 14.8. The summed E-state index contributed by atoms with van der Waals surface area (Å²) < 4.78 is 36.2. The van der Waals surface area contributed by atoms with Gasteiger partial charge in [0.05, 0.1) is 16.0 Å². The van der Waals surface area contributed by atoms with Crippen molar-refractivity contribution < 1.29 is 13.5 Å². The number of fused-ring (bicyclic) bond motifs is 3. The second kappa shape index (κ2) is 8.13. The van der Waals surface area contributed by atoms with E-state index in [2.05, 4.69) is 13.8 Å². The first kappa shape index (κ1) is 18.1. The van der Waals surface area contributed by atoms with E-state index in [0.717, 1.165) is 54.9 Å². The van der Waals surface area contributed by atoms with Crippen molar-refractivity contribution >= 4 is 31.5 Å². The second-order valence-electron chi connectivity index (χ2n) is 6.43. The van der Waals surface area contributed by atoms with Gasteiger partial charge in [0.15, 0.2) is 11.6 Å². The number of benzene rings is 2. The molecule has 1 heterocycles. The third kappa shape index (κ3) is 3.64. The second-order valence-corrected chi connectivity index (χ2v) is 7.45. The molecule has 0 aliphatic carbocycles. The average Bonchev–Trinajstić information content (AvgIpc) is 3.00. The van der Waals surface area contributed by atoms with E-state index in [1.807, 2.05) is 18.2 Å². The summed E-state index contributed by atoms with van der Waals surface area (Å²) >= 11 is 1.19. The van der Waals surface area contributed by atoms with Crippen molar-refractivity contribution in [2.24, 2.45) is 0 Å². The molecule has 0 saturated heterocycles. The topological polar surface area (TPSA) is 9.23 Å². The Morgan fingerprint density at radius 3 is 2.24 bits per heavy atom. The molecule has 0 saturated carbocycles. The highest BCUT2D eigenvalue weighted by molar-refractivity contribution is 7.25. The standard InChI is InChI=1S/C21H24F2OS/c1-3-5-7-13-24-17-12-11-16-15-10-9-14(8-6-4-2)18(22)20(15)25-21(16)19(17)23/h9-12H,3-8,13H2,1-2H3. The molecule has 4 heteroatoms. The average molecular weight is 362 g/mol. The van der Waals surface area contributed by atoms with Crippen LogP contribution < -0.4 is 4.74 Å². The molecule has 3 rings (SSSR count). The molecule has 134 valence electrons. The summed E-state index contributed by atoms with van der Waals surface area (Å²) in [4.78, 5) is 0. The first-order valence-electron chi connectivity index (χ1n) is 9.12. The zero-order valence-corrected chi connectivity index (χ0v) is 15.6. The normalized spacial score (nSPS) is 11.5. The van der Waals surface area contributed by atoms with Gasteiger partial charge in [-0.3, -0.25) is 0 Å². The summed E-state index contributed by atoms with van der Waals surface area (Å²) in [7, 11) is 0. The minimum absolute atomic E-state index is 0.197. The highest BCUT2D eigenvalue weighted by Crippen LogP contribution is 2.40. The predicted octanol–water partition coefficient (Wildman–Crippen LogP) is 7.24. The molecule has 0 spiro atoms. The van der Waals surface area contributed by atoms with Crippen LogP contribution in [0.25, 0.3) is 20.2 Å². The number of hydrogen-bond acceptors (Lipinski definition) is 2. The Labute approximate surface area is 151 Å². The maximum atomic E-state index is 14.8. The van der Waals surface area contributed by atoms with Crippen LogP contribution in [-0.4, -0.2) is 6.61 Å². The fraction of sp³-hybridized carbons (Fsp3) is 0.429. The Balaban J connectivity index is 1.98. The van der Waals surface area contributed by atoms with Crippen LogP contribution in [0.2, 0.25) is 0 Å². The molecule has 0 atom stereocenters. The van der Waals surface area contributed by atoms with Crippen molar-refractivity contribution in [3.05, 3.63) is 41.5 Å². The first-order chi connectivity index (χ1) is 12.2. The van der Waals surface area contributed by atoms with E-state index in [4.69, 9.17) is 4.74 Å². The molecule has 0 bridgehead atoms. The number of ether oxygens (including phenoxy) is 1. The molecule has 0 radical (unpaired) electrons. The lowest BCUT2D eigenvalue weighted by molar-refractivity contribution is 0.293. The Bertz CT molecular complexity index is 869. The van der Waals surface area contributed by atoms with Gasteiger partial charge < -0.3 is 4.74 Å². The van der Waals surface area contributed by atoms with Crippen LogP contribution in [0.15, 0.2) is 24.3 Å². The lowest BCUT2D eigenvalue weighted by Crippen LogP contribution is -1.98. The van der Waals surface area contributed by atoms with E-state index >= 15 is 0 Å². The molecule has 0 aliphatic heterocycles. The Kier molecular flexibility index (Phi) is 5.89. The van der Waals surface area contributed by atoms with Gasteiger partial charge in [0, 0.05) is 10.8 Å². The molecular weight excluding hydrogens is 338 g/mol. The monoisotopic (exact) mass is 362 g/mol. The molecule has 1 nitrogen and oxygen atoms in total. The lowest BCUT2D eigenvalue weighted by Gasteiger charge is -2.07. The minimum Gasteiger partial charge on any atom is -0.490 e. The summed E-state index contributed by atoms with van der Waals surface area (Å²) in [6.07, 6.45) is 5.78. The first-order valence-corrected chi connectivity index (χ1v) is 9.93. The van der Waals surface area contributed by atoms with E-state index in [9.17, 15) is 8.78 Å². The fourth-order valence-electron chi connectivity index (χ4n) is 3.07. The molecule has 0 amide bonds. The van der Waals surface area contributed by atoms with Crippen LogP contribution in [0.5, 0.6) is 5.75 Å². The van der Waals surface area contributed by atoms with Crippen molar-refractivity contribution in [2.75, 3.05) is 6.61 Å². The Morgan fingerprint density at radius 1 is 0.840 bits per heavy atom. The highest BCUT2D eigenvalue weighted by Gasteiger charge is 2.17. The number of thiophene rings is 1. The fourth-order valence-corrected chi connectivity index (χ4v) is 4.26. The minimum atomic E-state index is -0.371. The number of halogens is 2. The summed E-state index contributed by atoms with van der Waals surface area (Å²) in [6, 6.07) is 7.27. The maximum Gasteiger partial charge on any atom is 0.182 e. The van der Waals surface area contributed by atoms with Gasteiger partial charge in [0.25, 0.3) is 0 Å². The number of unbranched alkanes of at least 4 members (excludes halogenated alkanes) is 3. The summed E-state index contributed by atoms with van der Waals surface area (Å²) in [5.74, 6) is -0.302. The van der Waals surface area contributed by atoms with Crippen LogP contribution in [0, 0.1) is 11.6 Å². The lowest BCUT2D eigenvalue weighted by atomic mass is 10.0. The largest absolute Gasteiger partial charge is 0.490 e. The Morgan fingerprint density at radius 2 is 1.52 bits per heavy atom. The Hall–Kier alpha value is -1.68. The van der Waals surface area contributed by atoms with E-state index in [1.54, 1.807) is 6.07 Å². The molecule has 3 aromatic rings. The quantitative estimate of drug-likeness (QED) is 0.384. The van der Waals surface area contributed by atoms with Crippen LogP contribution in [0.4, 0.5) is 8.78 Å². The molecule has 25 heavy (non-hydrogen) atoms. The van der Waals surface area contributed by atoms with Crippen molar-refractivity contribution in [1.29, 1.82) is 0 Å². The van der Waals surface area contributed by atoms with Gasteiger partial charge in [0.2, 0.25) is 0 Å². The molecule has 0 fully saturated rings. The van der Waals surface area contributed by atoms with Gasteiger partial charge >= 0.3 is 0 Å². The summed E-state index contributed by atoms with van der Waals surface area (Å²) in [5.41, 5.74) is 0.720.